The fourth-order valence-electron chi connectivity index (χ4n) is 2.22. The minimum Gasteiger partial charge on any atom is -0.390 e. The first-order chi connectivity index (χ1) is 10.7. The molecule has 1 aromatic carbocycles. The highest BCUT2D eigenvalue weighted by atomic mass is 32.2. The Balaban J connectivity index is 1.65. The first-order valence-electron chi connectivity index (χ1n) is 7.11. The van der Waals surface area contributed by atoms with Crippen molar-refractivity contribution in [3.8, 4) is 5.69 Å². The molecular formula is C16H18N4OS. The van der Waals surface area contributed by atoms with E-state index in [1.54, 1.807) is 28.8 Å². The zero-order valence-electron chi connectivity index (χ0n) is 12.3. The molecule has 0 aliphatic heterocycles. The van der Waals surface area contributed by atoms with Crippen LogP contribution in [0.25, 0.3) is 5.69 Å². The Morgan fingerprint density at radius 2 is 2.14 bits per heavy atom. The minimum atomic E-state index is -0.465. The molecule has 1 N–H and O–H groups in total. The highest BCUT2D eigenvalue weighted by Gasteiger charge is 2.10. The van der Waals surface area contributed by atoms with Gasteiger partial charge in [-0.05, 0) is 30.7 Å². The van der Waals surface area contributed by atoms with Crippen LogP contribution in [0.15, 0.2) is 60.3 Å². The Bertz CT molecular complexity index is 723. The monoisotopic (exact) mass is 314 g/mol. The molecule has 22 heavy (non-hydrogen) atoms. The zero-order valence-corrected chi connectivity index (χ0v) is 13.1. The first kappa shape index (κ1) is 14.9. The SMILES string of the molecule is Cc1cccc(-n2ccnc2SC[C@@H](O)Cn2cccn2)c1. The van der Waals surface area contributed by atoms with Crippen molar-refractivity contribution in [1.29, 1.82) is 0 Å². The van der Waals surface area contributed by atoms with E-state index in [2.05, 4.69) is 35.2 Å². The lowest BCUT2D eigenvalue weighted by Crippen LogP contribution is -2.19. The topological polar surface area (TPSA) is 55.9 Å². The van der Waals surface area contributed by atoms with Crippen LogP contribution < -0.4 is 0 Å². The molecule has 0 fully saturated rings. The molecule has 0 radical (unpaired) electrons. The summed E-state index contributed by atoms with van der Waals surface area (Å²) in [5, 5.41) is 15.1. The van der Waals surface area contributed by atoms with Crippen molar-refractivity contribution in [1.82, 2.24) is 19.3 Å². The number of aryl methyl sites for hydroxylation is 1. The molecule has 0 spiro atoms. The second kappa shape index (κ2) is 6.81. The third-order valence-corrected chi connectivity index (χ3v) is 4.36. The largest absolute Gasteiger partial charge is 0.390 e. The van der Waals surface area contributed by atoms with Crippen LogP contribution in [0.1, 0.15) is 5.56 Å². The summed E-state index contributed by atoms with van der Waals surface area (Å²) in [5.74, 6) is 0.572. The summed E-state index contributed by atoms with van der Waals surface area (Å²) < 4.78 is 3.77. The molecule has 0 bridgehead atoms. The number of hydrogen-bond donors (Lipinski definition) is 1. The van der Waals surface area contributed by atoms with Gasteiger partial charge in [-0.3, -0.25) is 9.25 Å². The van der Waals surface area contributed by atoms with Crippen molar-refractivity contribution in [3.05, 3.63) is 60.7 Å². The molecule has 0 saturated heterocycles. The van der Waals surface area contributed by atoms with Gasteiger partial charge in [-0.2, -0.15) is 5.10 Å². The standard InChI is InChI=1S/C16H18N4OS/c1-13-4-2-5-14(10-13)20-9-7-17-16(20)22-12-15(21)11-19-8-3-6-18-19/h2-10,15,21H,11-12H2,1H3/t15-/m0/s1. The fraction of sp³-hybridized carbons (Fsp3) is 0.250. The van der Waals surface area contributed by atoms with Crippen LogP contribution in [-0.2, 0) is 6.54 Å². The zero-order chi connectivity index (χ0) is 15.4. The smallest absolute Gasteiger partial charge is 0.172 e. The predicted octanol–water partition coefficient (Wildman–Crippen LogP) is 2.53. The molecule has 0 amide bonds. The van der Waals surface area contributed by atoms with Gasteiger partial charge in [0.25, 0.3) is 0 Å². The summed E-state index contributed by atoms with van der Waals surface area (Å²) >= 11 is 1.55. The molecule has 114 valence electrons. The van der Waals surface area contributed by atoms with E-state index in [1.807, 2.05) is 29.1 Å². The maximum Gasteiger partial charge on any atom is 0.172 e. The van der Waals surface area contributed by atoms with Crippen LogP contribution in [-0.4, -0.2) is 36.3 Å². The molecule has 0 saturated carbocycles. The summed E-state index contributed by atoms with van der Waals surface area (Å²) in [4.78, 5) is 4.38. The van der Waals surface area contributed by atoms with Gasteiger partial charge in [-0.15, -0.1) is 0 Å². The Labute approximate surface area is 133 Å². The maximum absolute atomic E-state index is 10.1. The third kappa shape index (κ3) is 3.58. The van der Waals surface area contributed by atoms with Gasteiger partial charge in [0.1, 0.15) is 0 Å². The molecule has 0 unspecified atom stereocenters. The molecule has 5 nitrogen and oxygen atoms in total. The van der Waals surface area contributed by atoms with Crippen molar-refractivity contribution >= 4 is 11.8 Å². The van der Waals surface area contributed by atoms with Crippen LogP contribution in [0.3, 0.4) is 0 Å². The normalized spacial score (nSPS) is 12.5. The molecule has 2 heterocycles. The van der Waals surface area contributed by atoms with Crippen LogP contribution in [0.4, 0.5) is 0 Å². The number of aromatic nitrogens is 4. The van der Waals surface area contributed by atoms with Crippen LogP contribution >= 0.6 is 11.8 Å². The summed E-state index contributed by atoms with van der Waals surface area (Å²) in [5.41, 5.74) is 2.29. The summed E-state index contributed by atoms with van der Waals surface area (Å²) in [6, 6.07) is 10.1. The van der Waals surface area contributed by atoms with Gasteiger partial charge in [-0.1, -0.05) is 23.9 Å². The molecule has 3 aromatic rings. The molecular weight excluding hydrogens is 296 g/mol. The number of thioether (sulfide) groups is 1. The minimum absolute atomic E-state index is 0.465. The first-order valence-corrected chi connectivity index (χ1v) is 8.09. The van der Waals surface area contributed by atoms with Crippen LogP contribution in [0, 0.1) is 6.92 Å². The van der Waals surface area contributed by atoms with E-state index in [4.69, 9.17) is 0 Å². The molecule has 0 aliphatic rings. The lowest BCUT2D eigenvalue weighted by Gasteiger charge is -2.12. The van der Waals surface area contributed by atoms with Gasteiger partial charge < -0.3 is 5.11 Å². The van der Waals surface area contributed by atoms with Gasteiger partial charge in [-0.25, -0.2) is 4.98 Å². The Kier molecular flexibility index (Phi) is 4.60. The summed E-state index contributed by atoms with van der Waals surface area (Å²) in [6.45, 7) is 2.56. The Morgan fingerprint density at radius 3 is 2.91 bits per heavy atom. The fourth-order valence-corrected chi connectivity index (χ4v) is 3.11. The number of rotatable bonds is 6. The predicted molar refractivity (Wildman–Crippen MR) is 87.3 cm³/mol. The number of imidazole rings is 1. The number of aliphatic hydroxyl groups is 1. The number of hydrogen-bond acceptors (Lipinski definition) is 4. The van der Waals surface area contributed by atoms with Crippen molar-refractivity contribution in [2.24, 2.45) is 0 Å². The number of benzene rings is 1. The maximum atomic E-state index is 10.1. The molecule has 3 rings (SSSR count). The van der Waals surface area contributed by atoms with E-state index in [9.17, 15) is 5.11 Å². The number of nitrogens with zero attached hydrogens (tertiary/aromatic N) is 4. The Morgan fingerprint density at radius 1 is 1.23 bits per heavy atom. The molecule has 1 atom stereocenters. The van der Waals surface area contributed by atoms with E-state index in [1.165, 1.54) is 5.56 Å². The second-order valence-corrected chi connectivity index (χ2v) is 6.10. The van der Waals surface area contributed by atoms with Crippen molar-refractivity contribution in [2.45, 2.75) is 24.7 Å². The van der Waals surface area contributed by atoms with E-state index >= 15 is 0 Å². The Hall–Kier alpha value is -2.05. The third-order valence-electron chi connectivity index (χ3n) is 3.25. The van der Waals surface area contributed by atoms with Gasteiger partial charge in [0.05, 0.1) is 12.6 Å². The molecule has 6 heteroatoms. The van der Waals surface area contributed by atoms with Gasteiger partial charge >= 0.3 is 0 Å². The van der Waals surface area contributed by atoms with Crippen molar-refractivity contribution < 1.29 is 5.11 Å². The molecule has 2 aromatic heterocycles. The summed E-state index contributed by atoms with van der Waals surface area (Å²) in [6.07, 6.45) is 6.82. The van der Waals surface area contributed by atoms with Gasteiger partial charge in [0.15, 0.2) is 5.16 Å². The second-order valence-electron chi connectivity index (χ2n) is 5.11. The van der Waals surface area contributed by atoms with Crippen LogP contribution in [0.2, 0.25) is 0 Å². The van der Waals surface area contributed by atoms with Crippen molar-refractivity contribution in [3.63, 3.8) is 0 Å². The highest BCUT2D eigenvalue weighted by Crippen LogP contribution is 2.21. The van der Waals surface area contributed by atoms with Gasteiger partial charge in [0, 0.05) is 36.2 Å². The lowest BCUT2D eigenvalue weighted by atomic mass is 10.2. The molecule has 0 aliphatic carbocycles. The number of aliphatic hydroxyl groups excluding tert-OH is 1. The lowest BCUT2D eigenvalue weighted by molar-refractivity contribution is 0.173. The summed E-state index contributed by atoms with van der Waals surface area (Å²) in [7, 11) is 0. The van der Waals surface area contributed by atoms with Gasteiger partial charge in [0.2, 0.25) is 0 Å². The highest BCUT2D eigenvalue weighted by molar-refractivity contribution is 7.99. The van der Waals surface area contributed by atoms with E-state index in [-0.39, 0.29) is 0 Å². The average Bonchev–Trinajstić information content (AvgIpc) is 3.16. The van der Waals surface area contributed by atoms with E-state index in [0.717, 1.165) is 10.8 Å². The van der Waals surface area contributed by atoms with E-state index in [0.29, 0.717) is 12.3 Å². The quantitative estimate of drug-likeness (QED) is 0.710. The van der Waals surface area contributed by atoms with Crippen molar-refractivity contribution in [2.75, 3.05) is 5.75 Å². The van der Waals surface area contributed by atoms with E-state index < -0.39 is 6.10 Å². The average molecular weight is 314 g/mol. The van der Waals surface area contributed by atoms with Crippen LogP contribution in [0.5, 0.6) is 0 Å².